The average Bonchev–Trinajstić information content (AvgIpc) is 2.30. The molecule has 2 N–H and O–H groups in total. The lowest BCUT2D eigenvalue weighted by molar-refractivity contribution is -0.137. The fourth-order valence-corrected chi connectivity index (χ4v) is 2.12. The smallest absolute Gasteiger partial charge is 0.321 e. The number of aliphatic carboxylic acids is 1. The Labute approximate surface area is 118 Å². The first-order valence-corrected chi connectivity index (χ1v) is 6.72. The Morgan fingerprint density at radius 3 is 2.55 bits per heavy atom. The average molecular weight is 285 g/mol. The van der Waals surface area contributed by atoms with Crippen molar-refractivity contribution in [3.05, 3.63) is 0 Å². The second kappa shape index (κ2) is 6.11. The summed E-state index contributed by atoms with van der Waals surface area (Å²) in [4.78, 5) is 38.0. The zero-order chi connectivity index (χ0) is 15.5. The van der Waals surface area contributed by atoms with Gasteiger partial charge in [0.15, 0.2) is 0 Å². The number of carbonyl (C=O) groups is 3. The molecule has 0 aromatic heterocycles. The molecule has 0 saturated carbocycles. The van der Waals surface area contributed by atoms with Gasteiger partial charge in [0.2, 0.25) is 5.91 Å². The first kappa shape index (κ1) is 16.3. The molecule has 0 aliphatic carbocycles. The number of hydrogen-bond donors (Lipinski definition) is 2. The molecule has 1 atom stereocenters. The van der Waals surface area contributed by atoms with E-state index < -0.39 is 17.6 Å². The third-order valence-electron chi connectivity index (χ3n) is 3.33. The van der Waals surface area contributed by atoms with Crippen LogP contribution in [0.3, 0.4) is 0 Å². The number of carboxylic acids is 1. The van der Waals surface area contributed by atoms with E-state index >= 15 is 0 Å². The van der Waals surface area contributed by atoms with Gasteiger partial charge in [0.25, 0.3) is 0 Å². The highest BCUT2D eigenvalue weighted by atomic mass is 16.4. The van der Waals surface area contributed by atoms with E-state index in [-0.39, 0.29) is 24.9 Å². The molecule has 3 amide bonds. The van der Waals surface area contributed by atoms with Crippen molar-refractivity contribution >= 4 is 17.9 Å². The van der Waals surface area contributed by atoms with E-state index in [0.717, 1.165) is 0 Å². The second-order valence-corrected chi connectivity index (χ2v) is 5.91. The maximum Gasteiger partial charge on any atom is 0.321 e. The number of hydrogen-bond acceptors (Lipinski definition) is 3. The molecule has 1 aliphatic heterocycles. The fourth-order valence-electron chi connectivity index (χ4n) is 2.12. The minimum Gasteiger partial charge on any atom is -0.481 e. The van der Waals surface area contributed by atoms with Gasteiger partial charge in [0.1, 0.15) is 6.04 Å². The van der Waals surface area contributed by atoms with Crippen molar-refractivity contribution < 1.29 is 19.5 Å². The first-order valence-electron chi connectivity index (χ1n) is 6.72. The molecular weight excluding hydrogens is 262 g/mol. The van der Waals surface area contributed by atoms with Crippen molar-refractivity contribution in [2.45, 2.75) is 45.7 Å². The highest BCUT2D eigenvalue weighted by Crippen LogP contribution is 2.18. The number of nitrogens with one attached hydrogen (secondary N) is 1. The minimum atomic E-state index is -0.948. The van der Waals surface area contributed by atoms with Gasteiger partial charge in [0, 0.05) is 25.2 Å². The van der Waals surface area contributed by atoms with Gasteiger partial charge < -0.3 is 20.2 Å². The first-order chi connectivity index (χ1) is 9.14. The largest absolute Gasteiger partial charge is 0.481 e. The minimum absolute atomic E-state index is 0.114. The van der Waals surface area contributed by atoms with Crippen LogP contribution in [-0.2, 0) is 9.59 Å². The van der Waals surface area contributed by atoms with E-state index in [4.69, 9.17) is 5.11 Å². The molecule has 0 bridgehead atoms. The molecule has 1 saturated heterocycles. The van der Waals surface area contributed by atoms with Gasteiger partial charge in [-0.25, -0.2) is 4.79 Å². The van der Waals surface area contributed by atoms with Gasteiger partial charge in [-0.2, -0.15) is 0 Å². The molecule has 1 aliphatic rings. The molecule has 20 heavy (non-hydrogen) atoms. The second-order valence-electron chi connectivity index (χ2n) is 5.91. The van der Waals surface area contributed by atoms with Crippen molar-refractivity contribution in [2.75, 3.05) is 19.6 Å². The molecule has 1 heterocycles. The third-order valence-corrected chi connectivity index (χ3v) is 3.33. The monoisotopic (exact) mass is 285 g/mol. The van der Waals surface area contributed by atoms with Crippen LogP contribution in [0.1, 0.15) is 34.1 Å². The van der Waals surface area contributed by atoms with Crippen molar-refractivity contribution in [3.8, 4) is 0 Å². The molecule has 1 rings (SSSR count). The lowest BCUT2D eigenvalue weighted by Crippen LogP contribution is -2.61. The zero-order valence-corrected chi connectivity index (χ0v) is 12.5. The number of carboxylic acid groups (broad SMARTS) is 1. The van der Waals surface area contributed by atoms with E-state index in [1.807, 2.05) is 20.8 Å². The summed E-state index contributed by atoms with van der Waals surface area (Å²) in [7, 11) is 0. The van der Waals surface area contributed by atoms with Crippen molar-refractivity contribution in [1.29, 1.82) is 0 Å². The molecule has 0 aromatic rings. The Balaban J connectivity index is 2.87. The standard InChI is InChI=1S/C13H23N3O4/c1-9-11(19)14-6-8-15(9)12(20)16(13(2,3)4)7-5-10(17)18/h9H,5-8H2,1-4H3,(H,14,19)(H,17,18). The van der Waals surface area contributed by atoms with Gasteiger partial charge in [-0.05, 0) is 27.7 Å². The summed E-state index contributed by atoms with van der Waals surface area (Å²) in [5.41, 5.74) is -0.500. The Hall–Kier alpha value is -1.79. The molecule has 0 aromatic carbocycles. The summed E-state index contributed by atoms with van der Waals surface area (Å²) < 4.78 is 0. The summed E-state index contributed by atoms with van der Waals surface area (Å²) in [6.45, 7) is 8.20. The molecular formula is C13H23N3O4. The Kier molecular flexibility index (Phi) is 4.97. The highest BCUT2D eigenvalue weighted by molar-refractivity contribution is 5.88. The van der Waals surface area contributed by atoms with Crippen molar-refractivity contribution in [1.82, 2.24) is 15.1 Å². The molecule has 1 unspecified atom stereocenters. The summed E-state index contributed by atoms with van der Waals surface area (Å²) in [5, 5.41) is 11.5. The number of amides is 3. The van der Waals surface area contributed by atoms with Gasteiger partial charge in [-0.15, -0.1) is 0 Å². The molecule has 7 nitrogen and oxygen atoms in total. The maximum absolute atomic E-state index is 12.6. The Bertz CT molecular complexity index is 403. The van der Waals surface area contributed by atoms with E-state index in [2.05, 4.69) is 5.32 Å². The molecule has 0 radical (unpaired) electrons. The number of carbonyl (C=O) groups excluding carboxylic acids is 2. The van der Waals surface area contributed by atoms with Crippen LogP contribution < -0.4 is 5.32 Å². The quantitative estimate of drug-likeness (QED) is 0.790. The Morgan fingerprint density at radius 2 is 2.05 bits per heavy atom. The highest BCUT2D eigenvalue weighted by Gasteiger charge is 2.36. The number of piperazine rings is 1. The number of nitrogens with zero attached hydrogens (tertiary/aromatic N) is 2. The number of rotatable bonds is 3. The van der Waals surface area contributed by atoms with E-state index in [1.165, 1.54) is 9.80 Å². The maximum atomic E-state index is 12.6. The van der Waals surface area contributed by atoms with E-state index in [0.29, 0.717) is 13.1 Å². The third kappa shape index (κ3) is 3.85. The SMILES string of the molecule is CC1C(=O)NCCN1C(=O)N(CCC(=O)O)C(C)(C)C. The van der Waals surface area contributed by atoms with Crippen LogP contribution in [0.15, 0.2) is 0 Å². The van der Waals surface area contributed by atoms with Crippen LogP contribution in [-0.4, -0.2) is 64.0 Å². The Morgan fingerprint density at radius 1 is 1.45 bits per heavy atom. The summed E-state index contributed by atoms with van der Waals surface area (Å²) >= 11 is 0. The molecule has 114 valence electrons. The van der Waals surface area contributed by atoms with E-state index in [9.17, 15) is 14.4 Å². The molecule has 1 fully saturated rings. The van der Waals surface area contributed by atoms with Crippen molar-refractivity contribution in [2.24, 2.45) is 0 Å². The normalized spacial score (nSPS) is 19.5. The van der Waals surface area contributed by atoms with Crippen LogP contribution in [0.25, 0.3) is 0 Å². The van der Waals surface area contributed by atoms with Crippen LogP contribution in [0.4, 0.5) is 4.79 Å². The van der Waals surface area contributed by atoms with Crippen LogP contribution >= 0.6 is 0 Å². The molecule has 0 spiro atoms. The number of urea groups is 1. The summed E-state index contributed by atoms with van der Waals surface area (Å²) in [6.07, 6.45) is -0.114. The lowest BCUT2D eigenvalue weighted by Gasteiger charge is -2.42. The summed E-state index contributed by atoms with van der Waals surface area (Å²) in [5.74, 6) is -1.13. The van der Waals surface area contributed by atoms with Gasteiger partial charge in [-0.3, -0.25) is 9.59 Å². The zero-order valence-electron chi connectivity index (χ0n) is 12.5. The predicted octanol–water partition coefficient (Wildman–Crippen LogP) is 0.502. The van der Waals surface area contributed by atoms with Gasteiger partial charge in [-0.1, -0.05) is 0 Å². The molecule has 7 heteroatoms. The fraction of sp³-hybridized carbons (Fsp3) is 0.769. The van der Waals surface area contributed by atoms with Crippen molar-refractivity contribution in [3.63, 3.8) is 0 Å². The van der Waals surface area contributed by atoms with Crippen LogP contribution in [0, 0.1) is 0 Å². The van der Waals surface area contributed by atoms with Gasteiger partial charge in [0.05, 0.1) is 6.42 Å². The lowest BCUT2D eigenvalue weighted by atomic mass is 10.1. The summed E-state index contributed by atoms with van der Waals surface area (Å²) in [6, 6.07) is -0.827. The topological polar surface area (TPSA) is 90.0 Å². The predicted molar refractivity (Wildman–Crippen MR) is 73.3 cm³/mol. The van der Waals surface area contributed by atoms with Crippen LogP contribution in [0.5, 0.6) is 0 Å². The van der Waals surface area contributed by atoms with E-state index in [1.54, 1.807) is 6.92 Å². The van der Waals surface area contributed by atoms with Crippen LogP contribution in [0.2, 0.25) is 0 Å². The van der Waals surface area contributed by atoms with Gasteiger partial charge >= 0.3 is 12.0 Å².